The Balaban J connectivity index is 2.94. The lowest BCUT2D eigenvalue weighted by Gasteiger charge is -2.27. The van der Waals surface area contributed by atoms with E-state index in [0.717, 1.165) is 11.4 Å². The first-order valence-electron chi connectivity index (χ1n) is 5.91. The summed E-state index contributed by atoms with van der Waals surface area (Å²) in [7, 11) is 0. The van der Waals surface area contributed by atoms with Crippen LogP contribution < -0.4 is 10.6 Å². The first-order chi connectivity index (χ1) is 8.06. The Morgan fingerprint density at radius 2 is 2.18 bits per heavy atom. The summed E-state index contributed by atoms with van der Waals surface area (Å²) < 4.78 is 0. The number of rotatable bonds is 5. The normalized spacial score (nSPS) is 12.2. The van der Waals surface area contributed by atoms with Gasteiger partial charge >= 0.3 is 0 Å². The third-order valence-corrected chi connectivity index (χ3v) is 2.68. The third kappa shape index (κ3) is 3.72. The molecule has 2 N–H and O–H groups in total. The zero-order valence-corrected chi connectivity index (χ0v) is 10.7. The van der Waals surface area contributed by atoms with Gasteiger partial charge in [-0.25, -0.2) is 4.98 Å². The van der Waals surface area contributed by atoms with Gasteiger partial charge in [-0.1, -0.05) is 0 Å². The van der Waals surface area contributed by atoms with E-state index in [9.17, 15) is 0 Å². The summed E-state index contributed by atoms with van der Waals surface area (Å²) in [6.45, 7) is 6.84. The molecule has 4 heteroatoms. The third-order valence-electron chi connectivity index (χ3n) is 2.68. The Bertz CT molecular complexity index is 393. The van der Waals surface area contributed by atoms with E-state index in [1.165, 1.54) is 0 Å². The topological polar surface area (TPSA) is 65.9 Å². The Morgan fingerprint density at radius 3 is 2.71 bits per heavy atom. The van der Waals surface area contributed by atoms with E-state index in [1.807, 2.05) is 19.1 Å². The van der Waals surface area contributed by atoms with E-state index in [1.54, 1.807) is 6.20 Å². The Morgan fingerprint density at radius 1 is 1.47 bits per heavy atom. The van der Waals surface area contributed by atoms with Gasteiger partial charge in [0.05, 0.1) is 12.5 Å². The van der Waals surface area contributed by atoms with Crippen LogP contribution in [0.5, 0.6) is 0 Å². The van der Waals surface area contributed by atoms with E-state index in [0.29, 0.717) is 19.0 Å². The highest BCUT2D eigenvalue weighted by atomic mass is 15.2. The van der Waals surface area contributed by atoms with E-state index in [4.69, 9.17) is 11.0 Å². The van der Waals surface area contributed by atoms with Gasteiger partial charge in [-0.3, -0.25) is 0 Å². The van der Waals surface area contributed by atoms with Crippen LogP contribution in [0.25, 0.3) is 0 Å². The molecule has 1 aromatic rings. The standard InChI is InChI=1S/C13H20N4/c1-10(2)17(8-4-6-14)13-9-12(11(3)15)5-7-16-13/h5,7,9-11H,4,8,15H2,1-3H3/t11-/m1/s1. The van der Waals surface area contributed by atoms with Gasteiger partial charge < -0.3 is 10.6 Å². The molecule has 0 aliphatic rings. The van der Waals surface area contributed by atoms with Crippen molar-refractivity contribution in [3.8, 4) is 6.07 Å². The number of nitrogens with zero attached hydrogens (tertiary/aromatic N) is 3. The average Bonchev–Trinajstić information content (AvgIpc) is 2.29. The minimum Gasteiger partial charge on any atom is -0.353 e. The Labute approximate surface area is 103 Å². The average molecular weight is 232 g/mol. The molecule has 1 aromatic heterocycles. The van der Waals surface area contributed by atoms with Gasteiger partial charge in [0, 0.05) is 24.8 Å². The van der Waals surface area contributed by atoms with Gasteiger partial charge in [-0.2, -0.15) is 5.26 Å². The molecule has 0 bridgehead atoms. The van der Waals surface area contributed by atoms with Crippen molar-refractivity contribution in [1.82, 2.24) is 4.98 Å². The smallest absolute Gasteiger partial charge is 0.129 e. The number of hydrogen-bond acceptors (Lipinski definition) is 4. The molecule has 0 saturated heterocycles. The van der Waals surface area contributed by atoms with Crippen molar-refractivity contribution in [2.24, 2.45) is 5.73 Å². The highest BCUT2D eigenvalue weighted by Gasteiger charge is 2.12. The Hall–Kier alpha value is -1.60. The summed E-state index contributed by atoms with van der Waals surface area (Å²) >= 11 is 0. The van der Waals surface area contributed by atoms with Crippen LogP contribution in [0.3, 0.4) is 0 Å². The van der Waals surface area contributed by atoms with Gasteiger partial charge in [0.1, 0.15) is 5.82 Å². The molecule has 4 nitrogen and oxygen atoms in total. The highest BCUT2D eigenvalue weighted by molar-refractivity contribution is 5.42. The van der Waals surface area contributed by atoms with E-state index >= 15 is 0 Å². The predicted molar refractivity (Wildman–Crippen MR) is 69.6 cm³/mol. The van der Waals surface area contributed by atoms with Gasteiger partial charge in [0.15, 0.2) is 0 Å². The fourth-order valence-electron chi connectivity index (χ4n) is 1.68. The quantitative estimate of drug-likeness (QED) is 0.845. The molecule has 1 rings (SSSR count). The fraction of sp³-hybridized carbons (Fsp3) is 0.538. The van der Waals surface area contributed by atoms with Gasteiger partial charge in [0.25, 0.3) is 0 Å². The van der Waals surface area contributed by atoms with Crippen molar-refractivity contribution in [3.63, 3.8) is 0 Å². The van der Waals surface area contributed by atoms with E-state index in [-0.39, 0.29) is 6.04 Å². The van der Waals surface area contributed by atoms with Crippen LogP contribution in [0.15, 0.2) is 18.3 Å². The van der Waals surface area contributed by atoms with Crippen LogP contribution in [-0.4, -0.2) is 17.6 Å². The van der Waals surface area contributed by atoms with Crippen molar-refractivity contribution in [2.75, 3.05) is 11.4 Å². The van der Waals surface area contributed by atoms with Gasteiger partial charge in [0.2, 0.25) is 0 Å². The first-order valence-corrected chi connectivity index (χ1v) is 5.91. The molecule has 0 aliphatic carbocycles. The summed E-state index contributed by atoms with van der Waals surface area (Å²) in [5.74, 6) is 0.894. The molecule has 0 aliphatic heterocycles. The van der Waals surface area contributed by atoms with Crippen LogP contribution in [0.2, 0.25) is 0 Å². The van der Waals surface area contributed by atoms with Crippen molar-refractivity contribution in [2.45, 2.75) is 39.3 Å². The SMILES string of the molecule is CC(C)N(CCC#N)c1cc([C@@H](C)N)ccn1. The molecule has 0 spiro atoms. The van der Waals surface area contributed by atoms with Crippen LogP contribution in [-0.2, 0) is 0 Å². The van der Waals surface area contributed by atoms with E-state index in [2.05, 4.69) is 29.8 Å². The zero-order chi connectivity index (χ0) is 12.8. The fourth-order valence-corrected chi connectivity index (χ4v) is 1.68. The number of aromatic nitrogens is 1. The molecule has 0 fully saturated rings. The number of pyridine rings is 1. The lowest BCUT2D eigenvalue weighted by Crippen LogP contribution is -2.32. The molecule has 0 aromatic carbocycles. The second-order valence-electron chi connectivity index (χ2n) is 4.43. The molecule has 17 heavy (non-hydrogen) atoms. The summed E-state index contributed by atoms with van der Waals surface area (Å²) in [6, 6.07) is 6.42. The molecule has 0 saturated carbocycles. The molecule has 92 valence electrons. The zero-order valence-electron chi connectivity index (χ0n) is 10.7. The predicted octanol–water partition coefficient (Wildman–Crippen LogP) is 2.23. The number of anilines is 1. The molecule has 0 radical (unpaired) electrons. The molecular formula is C13H20N4. The van der Waals surface area contributed by atoms with Gasteiger partial charge in [-0.05, 0) is 38.5 Å². The van der Waals surface area contributed by atoms with Crippen LogP contribution in [0.1, 0.15) is 38.8 Å². The van der Waals surface area contributed by atoms with Crippen LogP contribution >= 0.6 is 0 Å². The minimum atomic E-state index is 0.00160. The highest BCUT2D eigenvalue weighted by Crippen LogP contribution is 2.18. The van der Waals surface area contributed by atoms with Crippen molar-refractivity contribution >= 4 is 5.82 Å². The Kier molecular flexibility index (Phi) is 4.92. The summed E-state index contributed by atoms with van der Waals surface area (Å²) in [5, 5.41) is 8.67. The number of nitrogens with two attached hydrogens (primary N) is 1. The second kappa shape index (κ2) is 6.21. The van der Waals surface area contributed by atoms with Crippen LogP contribution in [0.4, 0.5) is 5.82 Å². The molecule has 1 atom stereocenters. The van der Waals surface area contributed by atoms with Crippen LogP contribution in [0, 0.1) is 11.3 Å². The van der Waals surface area contributed by atoms with Gasteiger partial charge in [-0.15, -0.1) is 0 Å². The summed E-state index contributed by atoms with van der Waals surface area (Å²) in [5.41, 5.74) is 6.93. The van der Waals surface area contributed by atoms with Crippen molar-refractivity contribution < 1.29 is 0 Å². The molecule has 1 heterocycles. The van der Waals surface area contributed by atoms with Crippen molar-refractivity contribution in [3.05, 3.63) is 23.9 Å². The lowest BCUT2D eigenvalue weighted by molar-refractivity contribution is 0.675. The lowest BCUT2D eigenvalue weighted by atomic mass is 10.1. The largest absolute Gasteiger partial charge is 0.353 e. The van der Waals surface area contributed by atoms with E-state index < -0.39 is 0 Å². The first kappa shape index (κ1) is 13.5. The second-order valence-corrected chi connectivity index (χ2v) is 4.43. The molecular weight excluding hydrogens is 212 g/mol. The maximum absolute atomic E-state index is 8.67. The summed E-state index contributed by atoms with van der Waals surface area (Å²) in [4.78, 5) is 6.48. The molecule has 0 unspecified atom stereocenters. The number of nitriles is 1. The van der Waals surface area contributed by atoms with Crippen molar-refractivity contribution in [1.29, 1.82) is 5.26 Å². The molecule has 0 amide bonds. The monoisotopic (exact) mass is 232 g/mol. The maximum atomic E-state index is 8.67. The summed E-state index contributed by atoms with van der Waals surface area (Å²) in [6.07, 6.45) is 2.28. The maximum Gasteiger partial charge on any atom is 0.129 e. The number of hydrogen-bond donors (Lipinski definition) is 1. The minimum absolute atomic E-state index is 0.00160.